The topological polar surface area (TPSA) is 96.4 Å². The molecule has 1 heterocycles. The van der Waals surface area contributed by atoms with Crippen molar-refractivity contribution in [3.8, 4) is 0 Å². The van der Waals surface area contributed by atoms with Gasteiger partial charge in [0.2, 0.25) is 10.0 Å². The van der Waals surface area contributed by atoms with Gasteiger partial charge >= 0.3 is 0 Å². The second kappa shape index (κ2) is 7.94. The van der Waals surface area contributed by atoms with Crippen LogP contribution in [0, 0.1) is 0 Å². The molecule has 0 bridgehead atoms. The van der Waals surface area contributed by atoms with Gasteiger partial charge in [-0.05, 0) is 36.8 Å². The maximum Gasteiger partial charge on any atom is 0.263 e. The molecule has 9 heteroatoms. The molecule has 0 amide bonds. The SMILES string of the molecule is CCCCN(C)S(=O)(=O)c1cccc(S(=O)(=O)Nc2ccccn2)c1. The first kappa shape index (κ1) is 19.4. The molecule has 0 spiro atoms. The van der Waals surface area contributed by atoms with Crippen LogP contribution >= 0.6 is 0 Å². The maximum absolute atomic E-state index is 12.6. The molecule has 0 unspecified atom stereocenters. The number of nitrogens with zero attached hydrogens (tertiary/aromatic N) is 2. The molecule has 0 aliphatic carbocycles. The fourth-order valence-corrected chi connectivity index (χ4v) is 4.49. The van der Waals surface area contributed by atoms with Crippen LogP contribution in [0.3, 0.4) is 0 Å². The van der Waals surface area contributed by atoms with E-state index in [9.17, 15) is 16.8 Å². The highest BCUT2D eigenvalue weighted by Crippen LogP contribution is 2.20. The summed E-state index contributed by atoms with van der Waals surface area (Å²) in [5, 5.41) is 0. The number of pyridine rings is 1. The van der Waals surface area contributed by atoms with Crippen molar-refractivity contribution >= 4 is 25.9 Å². The molecule has 0 radical (unpaired) electrons. The zero-order valence-corrected chi connectivity index (χ0v) is 15.7. The largest absolute Gasteiger partial charge is 0.263 e. The minimum atomic E-state index is -3.93. The molecule has 0 aliphatic rings. The lowest BCUT2D eigenvalue weighted by Crippen LogP contribution is -2.28. The summed E-state index contributed by atoms with van der Waals surface area (Å²) in [7, 11) is -6.19. The number of nitrogens with one attached hydrogen (secondary N) is 1. The molecule has 1 N–H and O–H groups in total. The van der Waals surface area contributed by atoms with E-state index in [-0.39, 0.29) is 15.6 Å². The number of aromatic nitrogens is 1. The number of benzene rings is 1. The first-order chi connectivity index (χ1) is 11.8. The summed E-state index contributed by atoms with van der Waals surface area (Å²) < 4.78 is 53.6. The van der Waals surface area contributed by atoms with Gasteiger partial charge in [0.05, 0.1) is 9.79 Å². The molecule has 136 valence electrons. The number of sulfonamides is 2. The molecule has 1 aromatic heterocycles. The van der Waals surface area contributed by atoms with E-state index in [0.29, 0.717) is 6.54 Å². The predicted octanol–water partition coefficient (Wildman–Crippen LogP) is 2.30. The number of rotatable bonds is 8. The van der Waals surface area contributed by atoms with Gasteiger partial charge < -0.3 is 0 Å². The molecule has 2 rings (SSSR count). The highest BCUT2D eigenvalue weighted by Gasteiger charge is 2.23. The normalized spacial score (nSPS) is 12.3. The zero-order chi connectivity index (χ0) is 18.5. The van der Waals surface area contributed by atoms with Gasteiger partial charge in [0.25, 0.3) is 10.0 Å². The summed E-state index contributed by atoms with van der Waals surface area (Å²) in [4.78, 5) is 3.71. The predicted molar refractivity (Wildman–Crippen MR) is 96.2 cm³/mol. The Balaban J connectivity index is 2.32. The molecule has 0 saturated carbocycles. The molecule has 0 atom stereocenters. The Morgan fingerprint density at radius 2 is 1.76 bits per heavy atom. The third-order valence-electron chi connectivity index (χ3n) is 3.55. The maximum atomic E-state index is 12.6. The van der Waals surface area contributed by atoms with Crippen LogP contribution in [0.5, 0.6) is 0 Å². The van der Waals surface area contributed by atoms with E-state index in [1.165, 1.54) is 41.8 Å². The minimum Gasteiger partial charge on any atom is -0.263 e. The van der Waals surface area contributed by atoms with Crippen LogP contribution in [0.1, 0.15) is 19.8 Å². The van der Waals surface area contributed by atoms with Crippen LogP contribution < -0.4 is 4.72 Å². The standard InChI is InChI=1S/C16H21N3O4S2/c1-3-4-12-19(2)25(22,23)15-9-7-8-14(13-15)24(20,21)18-16-10-5-6-11-17-16/h5-11,13H,3-4,12H2,1-2H3,(H,17,18). The van der Waals surface area contributed by atoms with Crippen molar-refractivity contribution in [1.82, 2.24) is 9.29 Å². The van der Waals surface area contributed by atoms with Crippen LogP contribution in [-0.4, -0.2) is 39.7 Å². The lowest BCUT2D eigenvalue weighted by atomic mass is 10.3. The smallest absolute Gasteiger partial charge is 0.263 e. The second-order valence-electron chi connectivity index (χ2n) is 5.48. The quantitative estimate of drug-likeness (QED) is 0.754. The molecule has 0 aliphatic heterocycles. The fourth-order valence-electron chi connectivity index (χ4n) is 2.10. The van der Waals surface area contributed by atoms with Crippen molar-refractivity contribution < 1.29 is 16.8 Å². The van der Waals surface area contributed by atoms with E-state index in [1.807, 2.05) is 6.92 Å². The van der Waals surface area contributed by atoms with Crippen LogP contribution in [-0.2, 0) is 20.0 Å². The number of hydrogen-bond acceptors (Lipinski definition) is 5. The van der Waals surface area contributed by atoms with E-state index in [4.69, 9.17) is 0 Å². The van der Waals surface area contributed by atoms with Gasteiger partial charge in [-0.15, -0.1) is 0 Å². The van der Waals surface area contributed by atoms with Crippen molar-refractivity contribution in [2.24, 2.45) is 0 Å². The Kier molecular flexibility index (Phi) is 6.15. The van der Waals surface area contributed by atoms with Gasteiger partial charge in [0.15, 0.2) is 0 Å². The molecule has 1 aromatic carbocycles. The Morgan fingerprint density at radius 3 is 2.40 bits per heavy atom. The van der Waals surface area contributed by atoms with Gasteiger partial charge in [0, 0.05) is 19.8 Å². The second-order valence-corrected chi connectivity index (χ2v) is 9.20. The Hall–Kier alpha value is -1.97. The molecule has 0 fully saturated rings. The van der Waals surface area contributed by atoms with Crippen molar-refractivity contribution in [3.63, 3.8) is 0 Å². The van der Waals surface area contributed by atoms with Crippen LogP contribution in [0.4, 0.5) is 5.82 Å². The monoisotopic (exact) mass is 383 g/mol. The van der Waals surface area contributed by atoms with Crippen LogP contribution in [0.25, 0.3) is 0 Å². The number of anilines is 1. The minimum absolute atomic E-state index is 0.0602. The Bertz CT molecular complexity index is 913. The molecular formula is C16H21N3O4S2. The van der Waals surface area contributed by atoms with Crippen molar-refractivity contribution in [1.29, 1.82) is 0 Å². The van der Waals surface area contributed by atoms with Gasteiger partial charge in [-0.25, -0.2) is 26.1 Å². The highest BCUT2D eigenvalue weighted by molar-refractivity contribution is 7.92. The first-order valence-corrected chi connectivity index (χ1v) is 10.7. The lowest BCUT2D eigenvalue weighted by molar-refractivity contribution is 0.459. The van der Waals surface area contributed by atoms with E-state index in [0.717, 1.165) is 18.9 Å². The van der Waals surface area contributed by atoms with Crippen LogP contribution in [0.2, 0.25) is 0 Å². The third kappa shape index (κ3) is 4.77. The summed E-state index contributed by atoms with van der Waals surface area (Å²) in [6, 6.07) is 10.1. The lowest BCUT2D eigenvalue weighted by Gasteiger charge is -2.17. The fraction of sp³-hybridized carbons (Fsp3) is 0.312. The van der Waals surface area contributed by atoms with E-state index >= 15 is 0 Å². The number of unbranched alkanes of at least 4 members (excludes halogenated alkanes) is 1. The third-order valence-corrected chi connectivity index (χ3v) is 6.76. The summed E-state index contributed by atoms with van der Waals surface area (Å²) in [5.74, 6) is 0.163. The van der Waals surface area contributed by atoms with Gasteiger partial charge in [-0.1, -0.05) is 25.5 Å². The molecule has 2 aromatic rings. The van der Waals surface area contributed by atoms with E-state index in [2.05, 4.69) is 9.71 Å². The molecular weight excluding hydrogens is 362 g/mol. The van der Waals surface area contributed by atoms with Gasteiger partial charge in [0.1, 0.15) is 5.82 Å². The summed E-state index contributed by atoms with van der Waals surface area (Å²) in [6.45, 7) is 2.35. The van der Waals surface area contributed by atoms with E-state index in [1.54, 1.807) is 12.1 Å². The summed E-state index contributed by atoms with van der Waals surface area (Å²) in [5.41, 5.74) is 0. The Labute approximate surface area is 148 Å². The van der Waals surface area contributed by atoms with Gasteiger partial charge in [-0.3, -0.25) is 4.72 Å². The first-order valence-electron chi connectivity index (χ1n) is 7.77. The van der Waals surface area contributed by atoms with Crippen molar-refractivity contribution in [2.75, 3.05) is 18.3 Å². The summed E-state index contributed by atoms with van der Waals surface area (Å²) >= 11 is 0. The average molecular weight is 383 g/mol. The highest BCUT2D eigenvalue weighted by atomic mass is 32.2. The average Bonchev–Trinajstić information content (AvgIpc) is 2.60. The molecule has 7 nitrogen and oxygen atoms in total. The molecule has 25 heavy (non-hydrogen) atoms. The zero-order valence-electron chi connectivity index (χ0n) is 14.1. The Morgan fingerprint density at radius 1 is 1.04 bits per heavy atom. The summed E-state index contributed by atoms with van der Waals surface area (Å²) in [6.07, 6.45) is 3.05. The van der Waals surface area contributed by atoms with Crippen molar-refractivity contribution in [3.05, 3.63) is 48.7 Å². The number of hydrogen-bond donors (Lipinski definition) is 1. The van der Waals surface area contributed by atoms with E-state index < -0.39 is 20.0 Å². The molecule has 0 saturated heterocycles. The van der Waals surface area contributed by atoms with Gasteiger partial charge in [-0.2, -0.15) is 0 Å². The van der Waals surface area contributed by atoms with Crippen LogP contribution in [0.15, 0.2) is 58.5 Å². The van der Waals surface area contributed by atoms with Crippen molar-refractivity contribution in [2.45, 2.75) is 29.6 Å².